The summed E-state index contributed by atoms with van der Waals surface area (Å²) in [6, 6.07) is 15.9. The molecule has 38 heavy (non-hydrogen) atoms. The van der Waals surface area contributed by atoms with Crippen LogP contribution in [0.5, 0.6) is 0 Å². The van der Waals surface area contributed by atoms with Crippen molar-refractivity contribution >= 4 is 33.8 Å². The maximum atomic E-state index is 13.4. The first-order valence-electron chi connectivity index (χ1n) is 13.1. The van der Waals surface area contributed by atoms with Gasteiger partial charge in [0.25, 0.3) is 5.91 Å². The van der Waals surface area contributed by atoms with Crippen molar-refractivity contribution in [3.05, 3.63) is 83.7 Å². The highest BCUT2D eigenvalue weighted by Crippen LogP contribution is 2.29. The van der Waals surface area contributed by atoms with Crippen LogP contribution in [0.25, 0.3) is 16.6 Å². The smallest absolute Gasteiger partial charge is 0.274 e. The maximum Gasteiger partial charge on any atom is 0.274 e. The number of benzene rings is 1. The van der Waals surface area contributed by atoms with Crippen LogP contribution < -0.4 is 10.2 Å². The number of amides is 1. The molecule has 5 aromatic rings. The molecule has 1 fully saturated rings. The molecule has 1 saturated heterocycles. The molecule has 6 rings (SSSR count). The number of aliphatic hydroxyl groups excluding tert-OH is 1. The number of hydrogen-bond acceptors (Lipinski definition) is 6. The Hall–Kier alpha value is -4.24. The molecule has 194 valence electrons. The molecule has 0 saturated carbocycles. The number of hydrogen-bond donors (Lipinski definition) is 2. The minimum absolute atomic E-state index is 0.222. The lowest BCUT2D eigenvalue weighted by molar-refractivity contribution is 0.102. The van der Waals surface area contributed by atoms with Crippen molar-refractivity contribution in [2.75, 3.05) is 23.3 Å². The minimum Gasteiger partial charge on any atom is -0.393 e. The van der Waals surface area contributed by atoms with E-state index in [4.69, 9.17) is 5.10 Å². The largest absolute Gasteiger partial charge is 0.393 e. The molecular weight excluding hydrogens is 478 g/mol. The van der Waals surface area contributed by atoms with Crippen LogP contribution in [0.3, 0.4) is 0 Å². The number of nitrogens with one attached hydrogen (secondary N) is 1. The van der Waals surface area contributed by atoms with E-state index in [2.05, 4.69) is 27.1 Å². The first kappa shape index (κ1) is 24.1. The number of imidazole rings is 1. The molecule has 0 radical (unpaired) electrons. The van der Waals surface area contributed by atoms with E-state index in [1.807, 2.05) is 70.7 Å². The fourth-order valence-corrected chi connectivity index (χ4v) is 5.27. The number of fused-ring (bicyclic) bond motifs is 2. The standard InChI is InChI=1S/C29H31N7O2/c1-3-23-28-24(8-5-9-25(28)36(33-23)18-20-7-4-6-19(2)31-20)32-29(38)26-17-30-27-16-21(10-15-35(26)27)34-13-11-22(37)12-14-34/h4-10,15-17,22,37H,3,11-14,18H2,1-2H3,(H,32,38). The monoisotopic (exact) mass is 509 g/mol. The highest BCUT2D eigenvalue weighted by molar-refractivity contribution is 6.08. The van der Waals surface area contributed by atoms with Crippen molar-refractivity contribution in [2.45, 2.75) is 45.8 Å². The summed E-state index contributed by atoms with van der Waals surface area (Å²) in [5.41, 5.74) is 6.75. The van der Waals surface area contributed by atoms with Crippen molar-refractivity contribution in [1.82, 2.24) is 24.1 Å². The van der Waals surface area contributed by atoms with E-state index in [9.17, 15) is 9.90 Å². The Morgan fingerprint density at radius 2 is 1.95 bits per heavy atom. The topological polar surface area (TPSA) is 101 Å². The van der Waals surface area contributed by atoms with E-state index in [0.717, 1.165) is 71.7 Å². The van der Waals surface area contributed by atoms with Gasteiger partial charge >= 0.3 is 0 Å². The Morgan fingerprint density at radius 1 is 1.13 bits per heavy atom. The summed E-state index contributed by atoms with van der Waals surface area (Å²) in [6.07, 6.45) is 5.54. The van der Waals surface area contributed by atoms with E-state index >= 15 is 0 Å². The van der Waals surface area contributed by atoms with Gasteiger partial charge in [-0.3, -0.25) is 18.9 Å². The molecule has 5 heterocycles. The Labute approximate surface area is 220 Å². The third kappa shape index (κ3) is 4.50. The van der Waals surface area contributed by atoms with E-state index in [1.165, 1.54) is 0 Å². The van der Waals surface area contributed by atoms with E-state index in [0.29, 0.717) is 17.9 Å². The maximum absolute atomic E-state index is 13.4. The second-order valence-corrected chi connectivity index (χ2v) is 9.86. The van der Waals surface area contributed by atoms with Crippen molar-refractivity contribution in [1.29, 1.82) is 0 Å². The first-order valence-corrected chi connectivity index (χ1v) is 13.1. The average molecular weight is 510 g/mol. The zero-order chi connectivity index (χ0) is 26.2. The number of aryl methyl sites for hydroxylation is 2. The molecule has 1 amide bonds. The average Bonchev–Trinajstić information content (AvgIpc) is 3.51. The van der Waals surface area contributed by atoms with E-state index < -0.39 is 0 Å². The van der Waals surface area contributed by atoms with Crippen LogP contribution in [-0.4, -0.2) is 54.4 Å². The number of carbonyl (C=O) groups is 1. The van der Waals surface area contributed by atoms with Gasteiger partial charge in [-0.15, -0.1) is 0 Å². The highest BCUT2D eigenvalue weighted by Gasteiger charge is 2.20. The number of pyridine rings is 2. The van der Waals surface area contributed by atoms with Gasteiger partial charge in [-0.25, -0.2) is 4.98 Å². The molecule has 1 aliphatic rings. The Balaban J connectivity index is 1.28. The van der Waals surface area contributed by atoms with Gasteiger partial charge in [-0.1, -0.05) is 19.1 Å². The normalized spacial score (nSPS) is 14.4. The summed E-state index contributed by atoms with van der Waals surface area (Å²) in [6.45, 7) is 6.23. The van der Waals surface area contributed by atoms with Crippen molar-refractivity contribution in [3.63, 3.8) is 0 Å². The second kappa shape index (κ2) is 9.90. The molecule has 9 nitrogen and oxygen atoms in total. The minimum atomic E-state index is -0.228. The summed E-state index contributed by atoms with van der Waals surface area (Å²) < 4.78 is 3.77. The number of nitrogens with zero attached hydrogens (tertiary/aromatic N) is 6. The third-order valence-electron chi connectivity index (χ3n) is 7.25. The fraction of sp³-hybridized carbons (Fsp3) is 0.310. The molecular formula is C29H31N7O2. The highest BCUT2D eigenvalue weighted by atomic mass is 16.3. The van der Waals surface area contributed by atoms with Crippen molar-refractivity contribution in [3.8, 4) is 0 Å². The van der Waals surface area contributed by atoms with Crippen LogP contribution >= 0.6 is 0 Å². The number of carbonyl (C=O) groups excluding carboxylic acids is 1. The van der Waals surface area contributed by atoms with Crippen LogP contribution in [0.4, 0.5) is 11.4 Å². The lowest BCUT2D eigenvalue weighted by Crippen LogP contribution is -2.35. The zero-order valence-corrected chi connectivity index (χ0v) is 21.6. The molecule has 1 aliphatic heterocycles. The van der Waals surface area contributed by atoms with Crippen LogP contribution in [0.15, 0.2) is 60.9 Å². The second-order valence-electron chi connectivity index (χ2n) is 9.86. The molecule has 9 heteroatoms. The lowest BCUT2D eigenvalue weighted by Gasteiger charge is -2.31. The Kier molecular flexibility index (Phi) is 6.29. The van der Waals surface area contributed by atoms with E-state index in [1.54, 1.807) is 6.20 Å². The summed E-state index contributed by atoms with van der Waals surface area (Å²) in [5.74, 6) is -0.228. The fourth-order valence-electron chi connectivity index (χ4n) is 5.27. The molecule has 2 N–H and O–H groups in total. The molecule has 1 aromatic carbocycles. The van der Waals surface area contributed by atoms with Gasteiger partial charge in [-0.2, -0.15) is 5.10 Å². The molecule has 0 unspecified atom stereocenters. The van der Waals surface area contributed by atoms with E-state index in [-0.39, 0.29) is 12.0 Å². The van der Waals surface area contributed by atoms with Gasteiger partial charge in [0.15, 0.2) is 0 Å². The van der Waals surface area contributed by atoms with Crippen molar-refractivity contribution < 1.29 is 9.90 Å². The molecule has 0 spiro atoms. The molecule has 0 bridgehead atoms. The van der Waals surface area contributed by atoms with Gasteiger partial charge in [0.05, 0.1) is 41.4 Å². The molecule has 0 atom stereocenters. The number of rotatable bonds is 6. The predicted octanol–water partition coefficient (Wildman–Crippen LogP) is 4.21. The van der Waals surface area contributed by atoms with Gasteiger partial charge < -0.3 is 15.3 Å². The summed E-state index contributed by atoms with van der Waals surface area (Å²) >= 11 is 0. The van der Waals surface area contributed by atoms with Gasteiger partial charge in [0.2, 0.25) is 0 Å². The third-order valence-corrected chi connectivity index (χ3v) is 7.25. The zero-order valence-electron chi connectivity index (χ0n) is 21.6. The molecule has 4 aromatic heterocycles. The van der Waals surface area contributed by atoms with Gasteiger partial charge in [0, 0.05) is 42.1 Å². The number of piperidine rings is 1. The lowest BCUT2D eigenvalue weighted by atomic mass is 10.1. The SMILES string of the molecule is CCc1nn(Cc2cccc(C)n2)c2cccc(NC(=O)c3cnc4cc(N5CCC(O)CC5)ccn34)c12. The van der Waals surface area contributed by atoms with Gasteiger partial charge in [0.1, 0.15) is 11.3 Å². The van der Waals surface area contributed by atoms with Crippen molar-refractivity contribution in [2.24, 2.45) is 0 Å². The van der Waals surface area contributed by atoms with Crippen LogP contribution in [0.2, 0.25) is 0 Å². The first-order chi connectivity index (χ1) is 18.5. The summed E-state index contributed by atoms with van der Waals surface area (Å²) in [5, 5.41) is 18.7. The summed E-state index contributed by atoms with van der Waals surface area (Å²) in [4.78, 5) is 24.8. The number of aromatic nitrogens is 5. The quantitative estimate of drug-likeness (QED) is 0.356. The van der Waals surface area contributed by atoms with Gasteiger partial charge in [-0.05, 0) is 56.5 Å². The Bertz CT molecular complexity index is 1630. The van der Waals surface area contributed by atoms with Crippen LogP contribution in [-0.2, 0) is 13.0 Å². The molecule has 0 aliphatic carbocycles. The number of anilines is 2. The predicted molar refractivity (Wildman–Crippen MR) is 148 cm³/mol. The summed E-state index contributed by atoms with van der Waals surface area (Å²) in [7, 11) is 0. The van der Waals surface area contributed by atoms with Crippen LogP contribution in [0, 0.1) is 6.92 Å². The van der Waals surface area contributed by atoms with Crippen LogP contribution in [0.1, 0.15) is 47.3 Å². The number of aliphatic hydroxyl groups is 1. The Morgan fingerprint density at radius 3 is 2.74 bits per heavy atom.